The molecule has 16 heavy (non-hydrogen) atoms. The maximum absolute atomic E-state index is 5.50. The molecule has 3 N–H and O–H groups in total. The van der Waals surface area contributed by atoms with Crippen LogP contribution in [0.3, 0.4) is 0 Å². The van der Waals surface area contributed by atoms with Crippen molar-refractivity contribution >= 4 is 11.3 Å². The van der Waals surface area contributed by atoms with Gasteiger partial charge in [0.2, 0.25) is 0 Å². The number of nitrogens with two attached hydrogens (primary N) is 1. The van der Waals surface area contributed by atoms with Gasteiger partial charge in [-0.15, -0.1) is 11.3 Å². The van der Waals surface area contributed by atoms with Gasteiger partial charge in [0.1, 0.15) is 5.01 Å². The van der Waals surface area contributed by atoms with E-state index in [-0.39, 0.29) is 0 Å². The minimum Gasteiger partial charge on any atom is -0.383 e. The van der Waals surface area contributed by atoms with Gasteiger partial charge in [-0.1, -0.05) is 0 Å². The van der Waals surface area contributed by atoms with Crippen molar-refractivity contribution in [2.75, 3.05) is 20.3 Å². The van der Waals surface area contributed by atoms with Crippen LogP contribution in [0.1, 0.15) is 22.7 Å². The molecule has 0 saturated carbocycles. The predicted octanol–water partition coefficient (Wildman–Crippen LogP) is 1.30. The maximum atomic E-state index is 5.50. The van der Waals surface area contributed by atoms with Crippen LogP contribution in [0, 0.1) is 6.92 Å². The normalized spacial score (nSPS) is 12.9. The molecule has 0 spiro atoms. The zero-order valence-electron chi connectivity index (χ0n) is 10.0. The van der Waals surface area contributed by atoms with Crippen LogP contribution < -0.4 is 11.1 Å². The summed E-state index contributed by atoms with van der Waals surface area (Å²) in [6, 6.07) is 0.373. The van der Waals surface area contributed by atoms with E-state index in [0.717, 1.165) is 37.5 Å². The Hall–Kier alpha value is -0.490. The Labute approximate surface area is 101 Å². The molecule has 1 rings (SSSR count). The van der Waals surface area contributed by atoms with E-state index in [9.17, 15) is 0 Å². The zero-order valence-corrected chi connectivity index (χ0v) is 10.8. The van der Waals surface area contributed by atoms with Gasteiger partial charge in [0.25, 0.3) is 0 Å². The van der Waals surface area contributed by atoms with E-state index >= 15 is 0 Å². The third-order valence-corrected chi connectivity index (χ3v) is 3.25. The first kappa shape index (κ1) is 13.6. The van der Waals surface area contributed by atoms with Crippen molar-refractivity contribution < 1.29 is 4.74 Å². The summed E-state index contributed by atoms with van der Waals surface area (Å²) in [5.74, 6) is 0. The van der Waals surface area contributed by atoms with Gasteiger partial charge in [-0.3, -0.25) is 0 Å². The minimum absolute atomic E-state index is 0.373. The van der Waals surface area contributed by atoms with E-state index in [2.05, 4.69) is 17.2 Å². The number of aryl methyl sites for hydroxylation is 1. The molecule has 4 nitrogen and oxygen atoms in total. The molecule has 0 saturated heterocycles. The topological polar surface area (TPSA) is 60.2 Å². The summed E-state index contributed by atoms with van der Waals surface area (Å²) in [5, 5.41) is 4.58. The fourth-order valence-electron chi connectivity index (χ4n) is 1.52. The number of hydrogen-bond donors (Lipinski definition) is 2. The highest BCUT2D eigenvalue weighted by Crippen LogP contribution is 2.11. The number of nitrogens with one attached hydrogen (secondary N) is 1. The molecule has 0 aromatic carbocycles. The Bertz CT molecular complexity index is 291. The highest BCUT2D eigenvalue weighted by atomic mass is 32.1. The lowest BCUT2D eigenvalue weighted by atomic mass is 10.1. The predicted molar refractivity (Wildman–Crippen MR) is 67.6 cm³/mol. The van der Waals surface area contributed by atoms with Gasteiger partial charge in [0.05, 0.1) is 6.61 Å². The fourth-order valence-corrected chi connectivity index (χ4v) is 2.26. The Balaban J connectivity index is 2.30. The average molecular weight is 243 g/mol. The molecule has 0 aliphatic carbocycles. The molecule has 0 radical (unpaired) electrons. The SMILES string of the molecule is COCC(CCCN)NCc1ncc(C)s1. The second-order valence-electron chi connectivity index (χ2n) is 3.83. The number of thiazole rings is 1. The van der Waals surface area contributed by atoms with E-state index in [1.165, 1.54) is 4.88 Å². The van der Waals surface area contributed by atoms with Gasteiger partial charge < -0.3 is 15.8 Å². The molecule has 1 unspecified atom stereocenters. The van der Waals surface area contributed by atoms with Crippen molar-refractivity contribution in [3.05, 3.63) is 16.1 Å². The van der Waals surface area contributed by atoms with Gasteiger partial charge >= 0.3 is 0 Å². The number of methoxy groups -OCH3 is 1. The molecule has 0 aliphatic heterocycles. The Morgan fingerprint density at radius 3 is 3.00 bits per heavy atom. The van der Waals surface area contributed by atoms with E-state index in [4.69, 9.17) is 10.5 Å². The van der Waals surface area contributed by atoms with Crippen LogP contribution in [0.25, 0.3) is 0 Å². The minimum atomic E-state index is 0.373. The van der Waals surface area contributed by atoms with Crippen molar-refractivity contribution in [2.45, 2.75) is 32.4 Å². The lowest BCUT2D eigenvalue weighted by Crippen LogP contribution is -2.33. The van der Waals surface area contributed by atoms with Gasteiger partial charge in [-0.2, -0.15) is 0 Å². The van der Waals surface area contributed by atoms with Crippen molar-refractivity contribution in [3.63, 3.8) is 0 Å². The zero-order chi connectivity index (χ0) is 11.8. The van der Waals surface area contributed by atoms with E-state index in [0.29, 0.717) is 6.04 Å². The van der Waals surface area contributed by atoms with Gasteiger partial charge in [0, 0.05) is 30.8 Å². The summed E-state index contributed by atoms with van der Waals surface area (Å²) in [6.45, 7) is 4.35. The Kier molecular flexibility index (Phi) is 6.56. The van der Waals surface area contributed by atoms with Gasteiger partial charge in [0.15, 0.2) is 0 Å². The molecule has 0 amide bonds. The van der Waals surface area contributed by atoms with Crippen LogP contribution in [-0.4, -0.2) is 31.3 Å². The van der Waals surface area contributed by atoms with E-state index < -0.39 is 0 Å². The first-order valence-corrected chi connectivity index (χ1v) is 6.41. The molecular weight excluding hydrogens is 222 g/mol. The van der Waals surface area contributed by atoms with Gasteiger partial charge in [-0.25, -0.2) is 4.98 Å². The summed E-state index contributed by atoms with van der Waals surface area (Å²) >= 11 is 1.73. The lowest BCUT2D eigenvalue weighted by Gasteiger charge is -2.16. The van der Waals surface area contributed by atoms with E-state index in [1.54, 1.807) is 18.4 Å². The molecule has 5 heteroatoms. The number of nitrogens with zero attached hydrogens (tertiary/aromatic N) is 1. The standard InChI is InChI=1S/C11H21N3OS/c1-9-6-14-11(16-9)7-13-10(8-15-2)4-3-5-12/h6,10,13H,3-5,7-8,12H2,1-2H3. The van der Waals surface area contributed by atoms with E-state index in [1.807, 2.05) is 6.20 Å². The molecule has 0 bridgehead atoms. The largest absolute Gasteiger partial charge is 0.383 e. The highest BCUT2D eigenvalue weighted by Gasteiger charge is 2.08. The Morgan fingerprint density at radius 2 is 2.44 bits per heavy atom. The molecular formula is C11H21N3OS. The van der Waals surface area contributed by atoms with Crippen LogP contribution in [0.4, 0.5) is 0 Å². The van der Waals surface area contributed by atoms with Crippen LogP contribution in [-0.2, 0) is 11.3 Å². The van der Waals surface area contributed by atoms with Gasteiger partial charge in [-0.05, 0) is 26.3 Å². The first-order valence-electron chi connectivity index (χ1n) is 5.60. The van der Waals surface area contributed by atoms with Crippen LogP contribution >= 0.6 is 11.3 Å². The van der Waals surface area contributed by atoms with Crippen molar-refractivity contribution in [1.29, 1.82) is 0 Å². The summed E-state index contributed by atoms with van der Waals surface area (Å²) in [6.07, 6.45) is 3.99. The molecule has 1 heterocycles. The smallest absolute Gasteiger partial charge is 0.107 e. The number of ether oxygens (including phenoxy) is 1. The quantitative estimate of drug-likeness (QED) is 0.722. The summed E-state index contributed by atoms with van der Waals surface area (Å²) < 4.78 is 5.17. The third kappa shape index (κ3) is 5.03. The molecule has 1 aromatic rings. The summed E-state index contributed by atoms with van der Waals surface area (Å²) in [5.41, 5.74) is 5.50. The summed E-state index contributed by atoms with van der Waals surface area (Å²) in [4.78, 5) is 5.57. The second kappa shape index (κ2) is 7.73. The first-order chi connectivity index (χ1) is 7.76. The summed E-state index contributed by atoms with van der Waals surface area (Å²) in [7, 11) is 1.73. The average Bonchev–Trinajstić information content (AvgIpc) is 2.68. The number of rotatable bonds is 8. The fraction of sp³-hybridized carbons (Fsp3) is 0.727. The molecule has 1 aromatic heterocycles. The van der Waals surface area contributed by atoms with Crippen LogP contribution in [0.15, 0.2) is 6.20 Å². The molecule has 0 aliphatic rings. The van der Waals surface area contributed by atoms with Crippen LogP contribution in [0.5, 0.6) is 0 Å². The van der Waals surface area contributed by atoms with Crippen LogP contribution in [0.2, 0.25) is 0 Å². The highest BCUT2D eigenvalue weighted by molar-refractivity contribution is 7.11. The molecule has 0 fully saturated rings. The second-order valence-corrected chi connectivity index (χ2v) is 5.15. The molecule has 92 valence electrons. The Morgan fingerprint density at radius 1 is 1.62 bits per heavy atom. The van der Waals surface area contributed by atoms with Crippen molar-refractivity contribution in [2.24, 2.45) is 5.73 Å². The molecule has 1 atom stereocenters. The van der Waals surface area contributed by atoms with Crippen molar-refractivity contribution in [3.8, 4) is 0 Å². The monoisotopic (exact) mass is 243 g/mol. The number of hydrogen-bond acceptors (Lipinski definition) is 5. The van der Waals surface area contributed by atoms with Crippen molar-refractivity contribution in [1.82, 2.24) is 10.3 Å². The number of aromatic nitrogens is 1. The third-order valence-electron chi connectivity index (χ3n) is 2.34. The maximum Gasteiger partial charge on any atom is 0.107 e. The lowest BCUT2D eigenvalue weighted by molar-refractivity contribution is 0.161.